The van der Waals surface area contributed by atoms with Gasteiger partial charge in [0, 0.05) is 18.5 Å². The number of carbonyl (C=O) groups excluding carboxylic acids is 2. The van der Waals surface area contributed by atoms with Crippen molar-refractivity contribution in [2.75, 3.05) is 18.5 Å². The predicted molar refractivity (Wildman–Crippen MR) is 103 cm³/mol. The maximum atomic E-state index is 12.3. The van der Waals surface area contributed by atoms with Crippen LogP contribution in [0.2, 0.25) is 0 Å². The molecule has 1 aromatic carbocycles. The third-order valence-corrected chi connectivity index (χ3v) is 4.45. The standard InChI is InChI=1S/C19H27N3O6/c1-2-27-18(23)9-6-12-28-17-13-15(22(25)26)10-11-16(17)21-19(24)20-14-7-4-3-5-8-14/h10-11,13-14H,2-9,12H2,1H3,(H2,20,21,24). The number of benzene rings is 1. The summed E-state index contributed by atoms with van der Waals surface area (Å²) in [6, 6.07) is 3.79. The third kappa shape index (κ3) is 7.05. The second-order valence-corrected chi connectivity index (χ2v) is 6.63. The number of urea groups is 1. The highest BCUT2D eigenvalue weighted by molar-refractivity contribution is 5.91. The van der Waals surface area contributed by atoms with Crippen LogP contribution >= 0.6 is 0 Å². The molecule has 0 heterocycles. The Labute approximate surface area is 163 Å². The molecule has 0 bridgehead atoms. The van der Waals surface area contributed by atoms with Gasteiger partial charge in [-0.05, 0) is 32.3 Å². The van der Waals surface area contributed by atoms with Crippen LogP contribution in [-0.2, 0) is 9.53 Å². The van der Waals surface area contributed by atoms with Crippen molar-refractivity contribution in [3.8, 4) is 5.75 Å². The Balaban J connectivity index is 1.96. The Bertz CT molecular complexity index is 688. The van der Waals surface area contributed by atoms with Gasteiger partial charge >= 0.3 is 12.0 Å². The van der Waals surface area contributed by atoms with Gasteiger partial charge in [0.1, 0.15) is 5.75 Å². The van der Waals surface area contributed by atoms with Crippen LogP contribution in [0.1, 0.15) is 51.9 Å². The number of ether oxygens (including phenoxy) is 2. The van der Waals surface area contributed by atoms with E-state index < -0.39 is 4.92 Å². The highest BCUT2D eigenvalue weighted by atomic mass is 16.6. The summed E-state index contributed by atoms with van der Waals surface area (Å²) in [5.41, 5.74) is 0.202. The van der Waals surface area contributed by atoms with Gasteiger partial charge in [0.15, 0.2) is 0 Å². The summed E-state index contributed by atoms with van der Waals surface area (Å²) in [5, 5.41) is 16.7. The Morgan fingerprint density at radius 2 is 2.00 bits per heavy atom. The molecule has 2 rings (SSSR count). The zero-order chi connectivity index (χ0) is 20.4. The highest BCUT2D eigenvalue weighted by Crippen LogP contribution is 2.29. The molecule has 28 heavy (non-hydrogen) atoms. The Morgan fingerprint density at radius 3 is 2.68 bits per heavy atom. The first-order chi connectivity index (χ1) is 13.5. The zero-order valence-electron chi connectivity index (χ0n) is 16.1. The fourth-order valence-electron chi connectivity index (χ4n) is 3.07. The lowest BCUT2D eigenvalue weighted by molar-refractivity contribution is -0.384. The largest absolute Gasteiger partial charge is 0.491 e. The maximum absolute atomic E-state index is 12.3. The molecule has 0 aliphatic heterocycles. The first-order valence-electron chi connectivity index (χ1n) is 9.64. The molecular formula is C19H27N3O6. The second-order valence-electron chi connectivity index (χ2n) is 6.63. The molecule has 1 saturated carbocycles. The van der Waals surface area contributed by atoms with Crippen molar-refractivity contribution < 1.29 is 24.0 Å². The number of esters is 1. The minimum absolute atomic E-state index is 0.140. The lowest BCUT2D eigenvalue weighted by atomic mass is 9.96. The van der Waals surface area contributed by atoms with E-state index in [2.05, 4.69) is 10.6 Å². The minimum Gasteiger partial charge on any atom is -0.491 e. The molecule has 1 aromatic rings. The Hall–Kier alpha value is -2.84. The molecule has 0 aromatic heterocycles. The average molecular weight is 393 g/mol. The van der Waals surface area contributed by atoms with Crippen LogP contribution in [0.15, 0.2) is 18.2 Å². The van der Waals surface area contributed by atoms with Crippen LogP contribution in [0.5, 0.6) is 5.75 Å². The van der Waals surface area contributed by atoms with Crippen LogP contribution in [0.3, 0.4) is 0 Å². The number of amides is 2. The van der Waals surface area contributed by atoms with Crippen molar-refractivity contribution >= 4 is 23.4 Å². The first kappa shape index (κ1) is 21.5. The van der Waals surface area contributed by atoms with Crippen LogP contribution < -0.4 is 15.4 Å². The normalized spacial score (nSPS) is 14.2. The van der Waals surface area contributed by atoms with Crippen molar-refractivity contribution in [1.29, 1.82) is 0 Å². The fourth-order valence-corrected chi connectivity index (χ4v) is 3.07. The summed E-state index contributed by atoms with van der Waals surface area (Å²) < 4.78 is 10.4. The van der Waals surface area contributed by atoms with Gasteiger partial charge in [-0.25, -0.2) is 4.79 Å². The summed E-state index contributed by atoms with van der Waals surface area (Å²) in [5.74, 6) is -0.132. The van der Waals surface area contributed by atoms with Gasteiger partial charge < -0.3 is 20.1 Å². The van der Waals surface area contributed by atoms with Gasteiger partial charge in [0.25, 0.3) is 5.69 Å². The number of non-ortho nitro benzene ring substituents is 1. The molecule has 2 N–H and O–H groups in total. The zero-order valence-corrected chi connectivity index (χ0v) is 16.1. The van der Waals surface area contributed by atoms with Crippen molar-refractivity contribution in [3.05, 3.63) is 28.3 Å². The van der Waals surface area contributed by atoms with Crippen molar-refractivity contribution in [1.82, 2.24) is 5.32 Å². The number of nitro benzene ring substituents is 1. The van der Waals surface area contributed by atoms with Crippen molar-refractivity contribution in [2.24, 2.45) is 0 Å². The molecule has 0 unspecified atom stereocenters. The lowest BCUT2D eigenvalue weighted by Gasteiger charge is -2.23. The van der Waals surface area contributed by atoms with E-state index in [4.69, 9.17) is 9.47 Å². The summed E-state index contributed by atoms with van der Waals surface area (Å²) in [4.78, 5) is 34.1. The smallest absolute Gasteiger partial charge is 0.319 e. The van der Waals surface area contributed by atoms with E-state index in [-0.39, 0.29) is 42.5 Å². The Kier molecular flexibility index (Phi) is 8.51. The average Bonchev–Trinajstić information content (AvgIpc) is 2.67. The van der Waals surface area contributed by atoms with Crippen LogP contribution in [0.25, 0.3) is 0 Å². The molecular weight excluding hydrogens is 366 g/mol. The molecule has 9 nitrogen and oxygen atoms in total. The van der Waals surface area contributed by atoms with E-state index >= 15 is 0 Å². The Morgan fingerprint density at radius 1 is 1.25 bits per heavy atom. The number of nitro groups is 1. The van der Waals surface area contributed by atoms with E-state index in [1.807, 2.05) is 0 Å². The van der Waals surface area contributed by atoms with E-state index in [0.717, 1.165) is 25.7 Å². The van der Waals surface area contributed by atoms with Gasteiger partial charge in [0.05, 0.1) is 29.9 Å². The lowest BCUT2D eigenvalue weighted by Crippen LogP contribution is -2.39. The van der Waals surface area contributed by atoms with Gasteiger partial charge in [-0.1, -0.05) is 19.3 Å². The minimum atomic E-state index is -0.530. The predicted octanol–water partition coefficient (Wildman–Crippen LogP) is 3.77. The molecule has 0 saturated heterocycles. The van der Waals surface area contributed by atoms with E-state index in [1.165, 1.54) is 24.6 Å². The summed E-state index contributed by atoms with van der Waals surface area (Å²) in [6.45, 7) is 2.21. The van der Waals surface area contributed by atoms with Crippen LogP contribution in [0, 0.1) is 10.1 Å². The number of nitrogens with zero attached hydrogens (tertiary/aromatic N) is 1. The highest BCUT2D eigenvalue weighted by Gasteiger charge is 2.18. The topological polar surface area (TPSA) is 120 Å². The third-order valence-electron chi connectivity index (χ3n) is 4.45. The SMILES string of the molecule is CCOC(=O)CCCOc1cc([N+](=O)[O-])ccc1NC(=O)NC1CCCCC1. The molecule has 0 spiro atoms. The molecule has 0 radical (unpaired) electrons. The molecule has 9 heteroatoms. The summed E-state index contributed by atoms with van der Waals surface area (Å²) >= 11 is 0. The van der Waals surface area contributed by atoms with Gasteiger partial charge in [0.2, 0.25) is 0 Å². The number of hydrogen-bond donors (Lipinski definition) is 2. The summed E-state index contributed by atoms with van der Waals surface area (Å²) in [7, 11) is 0. The monoisotopic (exact) mass is 393 g/mol. The van der Waals surface area contributed by atoms with Crippen LogP contribution in [0.4, 0.5) is 16.2 Å². The fraction of sp³-hybridized carbons (Fsp3) is 0.579. The number of nitrogens with one attached hydrogen (secondary N) is 2. The van der Waals surface area contributed by atoms with Gasteiger partial charge in [-0.2, -0.15) is 0 Å². The number of hydrogen-bond acceptors (Lipinski definition) is 6. The molecule has 1 fully saturated rings. The molecule has 154 valence electrons. The molecule has 2 amide bonds. The molecule has 0 atom stereocenters. The van der Waals surface area contributed by atoms with E-state index in [0.29, 0.717) is 18.7 Å². The number of rotatable bonds is 9. The number of carbonyl (C=O) groups is 2. The first-order valence-corrected chi connectivity index (χ1v) is 9.64. The van der Waals surface area contributed by atoms with Gasteiger partial charge in [-0.3, -0.25) is 14.9 Å². The van der Waals surface area contributed by atoms with Gasteiger partial charge in [-0.15, -0.1) is 0 Å². The molecule has 1 aliphatic rings. The maximum Gasteiger partial charge on any atom is 0.319 e. The quantitative estimate of drug-likeness (QED) is 0.285. The van der Waals surface area contributed by atoms with E-state index in [9.17, 15) is 19.7 Å². The number of anilines is 1. The van der Waals surface area contributed by atoms with Crippen molar-refractivity contribution in [3.63, 3.8) is 0 Å². The van der Waals surface area contributed by atoms with Crippen LogP contribution in [-0.4, -0.2) is 36.2 Å². The van der Waals surface area contributed by atoms with E-state index in [1.54, 1.807) is 6.92 Å². The second kappa shape index (κ2) is 11.1. The molecule has 1 aliphatic carbocycles. The summed E-state index contributed by atoms with van der Waals surface area (Å²) in [6.07, 6.45) is 5.86. The van der Waals surface area contributed by atoms with Crippen molar-refractivity contribution in [2.45, 2.75) is 57.9 Å².